The van der Waals surface area contributed by atoms with Crippen molar-refractivity contribution >= 4 is 40.7 Å². The minimum atomic E-state index is -1.11. The predicted octanol–water partition coefficient (Wildman–Crippen LogP) is 1.80. The van der Waals surface area contributed by atoms with E-state index in [2.05, 4.69) is 0 Å². The Balaban J connectivity index is 1.81. The Morgan fingerprint density at radius 2 is 2.05 bits per heavy atom. The summed E-state index contributed by atoms with van der Waals surface area (Å²) in [6.45, 7) is -0.350. The zero-order valence-electron chi connectivity index (χ0n) is 11.2. The molecule has 22 heavy (non-hydrogen) atoms. The second-order valence-corrected chi connectivity index (χ2v) is 6.51. The van der Waals surface area contributed by atoms with Gasteiger partial charge in [-0.3, -0.25) is 9.59 Å². The van der Waals surface area contributed by atoms with Crippen LogP contribution >= 0.6 is 23.2 Å². The summed E-state index contributed by atoms with van der Waals surface area (Å²) >= 11 is 12.1. The van der Waals surface area contributed by atoms with Crippen LogP contribution in [0.1, 0.15) is 0 Å². The van der Waals surface area contributed by atoms with Crippen molar-refractivity contribution in [1.29, 1.82) is 0 Å². The summed E-state index contributed by atoms with van der Waals surface area (Å²) in [7, 11) is 0. The summed E-state index contributed by atoms with van der Waals surface area (Å²) in [5.41, 5.74) is -0.840. The molecule has 5 nitrogen and oxygen atoms in total. The Hall–Kier alpha value is -1.40. The van der Waals surface area contributed by atoms with Gasteiger partial charge in [0, 0.05) is 5.02 Å². The van der Waals surface area contributed by atoms with Crippen molar-refractivity contribution in [3.05, 3.63) is 40.4 Å². The number of hydrogen-bond donors (Lipinski definition) is 1. The Morgan fingerprint density at radius 1 is 1.27 bits per heavy atom. The van der Waals surface area contributed by atoms with Crippen LogP contribution in [0.4, 0.5) is 5.69 Å². The number of nitrogens with zero attached hydrogens (tertiary/aromatic N) is 1. The number of hydrogen-bond acceptors (Lipinski definition) is 4. The molecule has 0 aromatic heterocycles. The van der Waals surface area contributed by atoms with Gasteiger partial charge in [0.25, 0.3) is 0 Å². The van der Waals surface area contributed by atoms with E-state index in [1.807, 2.05) is 0 Å². The fraction of sp³-hybridized carbons (Fsp3) is 0.333. The first kappa shape index (κ1) is 14.2. The van der Waals surface area contributed by atoms with E-state index in [9.17, 15) is 14.7 Å². The van der Waals surface area contributed by atoms with E-state index < -0.39 is 29.4 Å². The molecule has 0 saturated carbocycles. The first-order valence-electron chi connectivity index (χ1n) is 6.79. The summed E-state index contributed by atoms with van der Waals surface area (Å²) in [5, 5.41) is 10.3. The molecule has 2 bridgehead atoms. The SMILES string of the molecule is O=C1C2C3C=CC(CO)(O3)C2C(=O)N1c1cc(Cl)ccc1Cl. The fourth-order valence-corrected chi connectivity index (χ4v) is 3.95. The Morgan fingerprint density at radius 3 is 2.77 bits per heavy atom. The van der Waals surface area contributed by atoms with Crippen molar-refractivity contribution in [2.45, 2.75) is 11.7 Å². The maximum absolute atomic E-state index is 12.8. The van der Waals surface area contributed by atoms with Crippen molar-refractivity contribution in [1.82, 2.24) is 0 Å². The van der Waals surface area contributed by atoms with Gasteiger partial charge < -0.3 is 9.84 Å². The molecular formula is C15H11Cl2NO4. The first-order chi connectivity index (χ1) is 10.5. The topological polar surface area (TPSA) is 66.8 Å². The molecule has 2 fully saturated rings. The number of amides is 2. The number of anilines is 1. The highest BCUT2D eigenvalue weighted by Gasteiger charge is 2.67. The summed E-state index contributed by atoms with van der Waals surface area (Å²) in [5.74, 6) is -2.14. The maximum Gasteiger partial charge on any atom is 0.241 e. The predicted molar refractivity (Wildman–Crippen MR) is 79.8 cm³/mol. The monoisotopic (exact) mass is 339 g/mol. The molecule has 1 aromatic carbocycles. The van der Waals surface area contributed by atoms with Crippen LogP contribution in [0.2, 0.25) is 10.0 Å². The van der Waals surface area contributed by atoms with Crippen LogP contribution in [0.3, 0.4) is 0 Å². The van der Waals surface area contributed by atoms with Gasteiger partial charge in [0.1, 0.15) is 5.60 Å². The lowest BCUT2D eigenvalue weighted by Crippen LogP contribution is -2.43. The number of aliphatic hydroxyl groups excluding tert-OH is 1. The van der Waals surface area contributed by atoms with Gasteiger partial charge in [-0.05, 0) is 18.2 Å². The minimum absolute atomic E-state index is 0.269. The lowest BCUT2D eigenvalue weighted by atomic mass is 9.77. The first-order valence-corrected chi connectivity index (χ1v) is 7.55. The van der Waals surface area contributed by atoms with Gasteiger partial charge in [0.2, 0.25) is 11.8 Å². The van der Waals surface area contributed by atoms with E-state index in [0.29, 0.717) is 5.02 Å². The zero-order chi connectivity index (χ0) is 15.6. The number of ether oxygens (including phenoxy) is 1. The number of fused-ring (bicyclic) bond motifs is 5. The van der Waals surface area contributed by atoms with Crippen molar-refractivity contribution in [3.63, 3.8) is 0 Å². The molecular weight excluding hydrogens is 329 g/mol. The molecule has 3 aliphatic rings. The van der Waals surface area contributed by atoms with Crippen LogP contribution in [0.25, 0.3) is 0 Å². The zero-order valence-corrected chi connectivity index (χ0v) is 12.7. The van der Waals surface area contributed by atoms with E-state index in [1.165, 1.54) is 6.07 Å². The molecule has 114 valence electrons. The quantitative estimate of drug-likeness (QED) is 0.659. The van der Waals surface area contributed by atoms with E-state index in [1.54, 1.807) is 24.3 Å². The Bertz CT molecular complexity index is 734. The van der Waals surface area contributed by atoms with Crippen molar-refractivity contribution in [2.75, 3.05) is 11.5 Å². The second kappa shape index (κ2) is 4.55. The third-order valence-electron chi connectivity index (χ3n) is 4.55. The molecule has 7 heteroatoms. The summed E-state index contributed by atoms with van der Waals surface area (Å²) in [6.07, 6.45) is 2.91. The Labute approximate surface area is 136 Å². The standard InChI is InChI=1S/C15H11Cl2NO4/c16-7-1-2-8(17)9(5-7)18-13(20)11-10-3-4-15(6-19,22-10)12(11)14(18)21/h1-5,10-12,19H,6H2. The fourth-order valence-electron chi connectivity index (χ4n) is 3.58. The van der Waals surface area contributed by atoms with Crippen molar-refractivity contribution in [3.8, 4) is 0 Å². The smallest absolute Gasteiger partial charge is 0.241 e. The van der Waals surface area contributed by atoms with Crippen molar-refractivity contribution in [2.24, 2.45) is 11.8 Å². The van der Waals surface area contributed by atoms with Gasteiger partial charge in [-0.2, -0.15) is 0 Å². The van der Waals surface area contributed by atoms with Gasteiger partial charge in [-0.25, -0.2) is 4.90 Å². The van der Waals surface area contributed by atoms with Crippen LogP contribution in [-0.2, 0) is 14.3 Å². The normalized spacial score (nSPS) is 35.6. The second-order valence-electron chi connectivity index (χ2n) is 5.67. The van der Waals surface area contributed by atoms with Gasteiger partial charge >= 0.3 is 0 Å². The maximum atomic E-state index is 12.8. The highest BCUT2D eigenvalue weighted by Crippen LogP contribution is 2.52. The average molecular weight is 340 g/mol. The van der Waals surface area contributed by atoms with Crippen LogP contribution < -0.4 is 4.90 Å². The Kier molecular flexibility index (Phi) is 2.94. The molecule has 0 spiro atoms. The van der Waals surface area contributed by atoms with Gasteiger partial charge in [0.15, 0.2) is 0 Å². The molecule has 3 aliphatic heterocycles. The number of aliphatic hydroxyl groups is 1. The third kappa shape index (κ3) is 1.62. The summed E-state index contributed by atoms with van der Waals surface area (Å²) in [4.78, 5) is 26.6. The number of benzene rings is 1. The molecule has 1 N–H and O–H groups in total. The van der Waals surface area contributed by atoms with Crippen LogP contribution in [0.15, 0.2) is 30.4 Å². The molecule has 0 aliphatic carbocycles. The molecule has 0 radical (unpaired) electrons. The largest absolute Gasteiger partial charge is 0.393 e. The van der Waals surface area contributed by atoms with Gasteiger partial charge in [-0.1, -0.05) is 35.4 Å². The third-order valence-corrected chi connectivity index (χ3v) is 5.11. The molecule has 4 atom stereocenters. The van der Waals surface area contributed by atoms with Gasteiger partial charge in [-0.15, -0.1) is 0 Å². The number of rotatable bonds is 2. The van der Waals surface area contributed by atoms with E-state index in [-0.39, 0.29) is 23.2 Å². The molecule has 4 unspecified atom stereocenters. The average Bonchev–Trinajstić information content (AvgIpc) is 3.14. The summed E-state index contributed by atoms with van der Waals surface area (Å²) in [6, 6.07) is 4.62. The number of carbonyl (C=O) groups excluding carboxylic acids is 2. The van der Waals surface area contributed by atoms with Crippen molar-refractivity contribution < 1.29 is 19.4 Å². The highest BCUT2D eigenvalue weighted by atomic mass is 35.5. The lowest BCUT2D eigenvalue weighted by Gasteiger charge is -2.26. The molecule has 2 amide bonds. The lowest BCUT2D eigenvalue weighted by molar-refractivity contribution is -0.128. The van der Waals surface area contributed by atoms with Crippen LogP contribution in [-0.4, -0.2) is 35.2 Å². The molecule has 2 saturated heterocycles. The van der Waals surface area contributed by atoms with Gasteiger partial charge in [0.05, 0.1) is 35.3 Å². The summed E-state index contributed by atoms with van der Waals surface area (Å²) < 4.78 is 5.67. The highest BCUT2D eigenvalue weighted by molar-refractivity contribution is 6.37. The molecule has 3 heterocycles. The minimum Gasteiger partial charge on any atom is -0.393 e. The number of halogens is 2. The number of carbonyl (C=O) groups is 2. The van der Waals surface area contributed by atoms with Crippen LogP contribution in [0, 0.1) is 11.8 Å². The van der Waals surface area contributed by atoms with E-state index in [0.717, 1.165) is 4.90 Å². The van der Waals surface area contributed by atoms with E-state index in [4.69, 9.17) is 27.9 Å². The number of imide groups is 1. The van der Waals surface area contributed by atoms with Crippen LogP contribution in [0.5, 0.6) is 0 Å². The molecule has 1 aromatic rings. The van der Waals surface area contributed by atoms with E-state index >= 15 is 0 Å². The molecule has 4 rings (SSSR count).